The van der Waals surface area contributed by atoms with Crippen molar-refractivity contribution < 1.29 is 24.6 Å². The Labute approximate surface area is 121 Å². The minimum Gasteiger partial charge on any atom is -0.481 e. The summed E-state index contributed by atoms with van der Waals surface area (Å²) in [6.07, 6.45) is 0.154. The molecule has 0 saturated heterocycles. The molecular formula is C11H21N5O5. The summed E-state index contributed by atoms with van der Waals surface area (Å²) in [6.45, 7) is 0.243. The fourth-order valence-corrected chi connectivity index (χ4v) is 1.45. The Kier molecular flexibility index (Phi) is 8.46. The number of carboxylic acid groups (broad SMARTS) is 2. The molecule has 0 radical (unpaired) electrons. The molecule has 0 aliphatic carbocycles. The second-order valence-corrected chi connectivity index (χ2v) is 4.39. The maximum absolute atomic E-state index is 11.7. The Hall–Kier alpha value is -2.36. The summed E-state index contributed by atoms with van der Waals surface area (Å²) in [5.74, 6) is -3.09. The lowest BCUT2D eigenvalue weighted by molar-refractivity contribution is -0.142. The minimum atomic E-state index is -1.21. The van der Waals surface area contributed by atoms with Crippen molar-refractivity contribution in [1.29, 1.82) is 0 Å². The van der Waals surface area contributed by atoms with Crippen LogP contribution < -0.4 is 22.5 Å². The molecule has 0 unspecified atom stereocenters. The number of aliphatic imine (C=N–C) groups is 1. The lowest BCUT2D eigenvalue weighted by Gasteiger charge is -2.17. The third kappa shape index (κ3) is 9.21. The molecule has 10 heteroatoms. The molecule has 0 aliphatic heterocycles. The molecule has 0 spiro atoms. The van der Waals surface area contributed by atoms with Crippen LogP contribution in [0.2, 0.25) is 0 Å². The highest BCUT2D eigenvalue weighted by Crippen LogP contribution is 2.01. The predicted octanol–water partition coefficient (Wildman–Crippen LogP) is -2.20. The Morgan fingerprint density at radius 1 is 1.14 bits per heavy atom. The average Bonchev–Trinajstić information content (AvgIpc) is 2.38. The molecule has 9 N–H and O–H groups in total. The molecule has 120 valence electrons. The molecule has 0 aliphatic rings. The SMILES string of the molecule is NC(N)=NCCC[C@H](NC(=O)[C@@H](N)CCC(=O)O)C(=O)O. The van der Waals surface area contributed by atoms with E-state index in [1.807, 2.05) is 0 Å². The van der Waals surface area contributed by atoms with E-state index in [2.05, 4.69) is 10.3 Å². The summed E-state index contributed by atoms with van der Waals surface area (Å²) < 4.78 is 0. The van der Waals surface area contributed by atoms with Crippen LogP contribution in [0.15, 0.2) is 4.99 Å². The summed E-state index contributed by atoms with van der Waals surface area (Å²) in [5, 5.41) is 19.7. The van der Waals surface area contributed by atoms with Crippen molar-refractivity contribution in [3.8, 4) is 0 Å². The summed E-state index contributed by atoms with van der Waals surface area (Å²) in [7, 11) is 0. The third-order valence-electron chi connectivity index (χ3n) is 2.57. The van der Waals surface area contributed by atoms with Gasteiger partial charge in [-0.2, -0.15) is 0 Å². The highest BCUT2D eigenvalue weighted by Gasteiger charge is 2.23. The smallest absolute Gasteiger partial charge is 0.326 e. The van der Waals surface area contributed by atoms with Crippen molar-refractivity contribution in [3.05, 3.63) is 0 Å². The number of carboxylic acids is 2. The number of aliphatic carboxylic acids is 2. The molecule has 0 heterocycles. The van der Waals surface area contributed by atoms with Crippen LogP contribution >= 0.6 is 0 Å². The fraction of sp³-hybridized carbons (Fsp3) is 0.636. The molecule has 0 aromatic carbocycles. The first-order chi connectivity index (χ1) is 9.73. The van der Waals surface area contributed by atoms with Gasteiger partial charge in [-0.05, 0) is 19.3 Å². The number of hydrogen-bond acceptors (Lipinski definition) is 5. The molecule has 2 atom stereocenters. The second-order valence-electron chi connectivity index (χ2n) is 4.39. The second kappa shape index (κ2) is 9.53. The zero-order valence-corrected chi connectivity index (χ0v) is 11.5. The number of nitrogens with two attached hydrogens (primary N) is 3. The highest BCUT2D eigenvalue weighted by atomic mass is 16.4. The van der Waals surface area contributed by atoms with E-state index in [1.165, 1.54) is 0 Å². The Balaban J connectivity index is 4.29. The van der Waals surface area contributed by atoms with E-state index in [0.717, 1.165) is 0 Å². The quantitative estimate of drug-likeness (QED) is 0.148. The summed E-state index contributed by atoms with van der Waals surface area (Å²) in [5.41, 5.74) is 15.7. The first-order valence-electron chi connectivity index (χ1n) is 6.30. The largest absolute Gasteiger partial charge is 0.481 e. The summed E-state index contributed by atoms with van der Waals surface area (Å²) in [4.78, 5) is 36.7. The molecule has 0 aromatic heterocycles. The molecule has 0 saturated carbocycles. The van der Waals surface area contributed by atoms with Crippen molar-refractivity contribution in [1.82, 2.24) is 5.32 Å². The van der Waals surface area contributed by atoms with Crippen molar-refractivity contribution in [2.24, 2.45) is 22.2 Å². The Bertz CT molecular complexity index is 408. The summed E-state index contributed by atoms with van der Waals surface area (Å²) in [6, 6.07) is -2.19. The fourth-order valence-electron chi connectivity index (χ4n) is 1.45. The van der Waals surface area contributed by atoms with Crippen LogP contribution in [0.3, 0.4) is 0 Å². The van der Waals surface area contributed by atoms with Crippen LogP contribution in [-0.4, -0.2) is 52.6 Å². The lowest BCUT2D eigenvalue weighted by Crippen LogP contribution is -2.48. The van der Waals surface area contributed by atoms with Crippen LogP contribution in [0.25, 0.3) is 0 Å². The van der Waals surface area contributed by atoms with Gasteiger partial charge >= 0.3 is 11.9 Å². The first kappa shape index (κ1) is 18.6. The Morgan fingerprint density at radius 2 is 1.76 bits per heavy atom. The zero-order valence-electron chi connectivity index (χ0n) is 11.5. The number of carbonyl (C=O) groups excluding carboxylic acids is 1. The van der Waals surface area contributed by atoms with Gasteiger partial charge in [0.1, 0.15) is 6.04 Å². The Morgan fingerprint density at radius 3 is 2.24 bits per heavy atom. The maximum Gasteiger partial charge on any atom is 0.326 e. The molecule has 0 bridgehead atoms. The van der Waals surface area contributed by atoms with E-state index < -0.39 is 29.9 Å². The van der Waals surface area contributed by atoms with E-state index in [9.17, 15) is 14.4 Å². The number of guanidine groups is 1. The number of nitrogens with one attached hydrogen (secondary N) is 1. The van der Waals surface area contributed by atoms with Gasteiger partial charge in [0.25, 0.3) is 0 Å². The number of rotatable bonds is 10. The van der Waals surface area contributed by atoms with E-state index in [1.54, 1.807) is 0 Å². The van der Waals surface area contributed by atoms with Gasteiger partial charge in [-0.1, -0.05) is 0 Å². The van der Waals surface area contributed by atoms with Crippen LogP contribution in [0, 0.1) is 0 Å². The number of hydrogen-bond donors (Lipinski definition) is 6. The minimum absolute atomic E-state index is 0.0680. The van der Waals surface area contributed by atoms with Gasteiger partial charge in [0.05, 0.1) is 6.04 Å². The molecule has 10 nitrogen and oxygen atoms in total. The zero-order chi connectivity index (χ0) is 16.4. The van der Waals surface area contributed by atoms with Crippen LogP contribution in [0.5, 0.6) is 0 Å². The molecule has 0 fully saturated rings. The third-order valence-corrected chi connectivity index (χ3v) is 2.57. The number of carbonyl (C=O) groups is 3. The summed E-state index contributed by atoms with van der Waals surface area (Å²) >= 11 is 0. The molecule has 1 amide bonds. The van der Waals surface area contributed by atoms with Gasteiger partial charge in [0.15, 0.2) is 5.96 Å². The van der Waals surface area contributed by atoms with Crippen molar-refractivity contribution >= 4 is 23.8 Å². The number of amides is 1. The van der Waals surface area contributed by atoms with Crippen molar-refractivity contribution in [3.63, 3.8) is 0 Å². The molecule has 0 rings (SSSR count). The van der Waals surface area contributed by atoms with Gasteiger partial charge in [0.2, 0.25) is 5.91 Å². The lowest BCUT2D eigenvalue weighted by atomic mass is 10.1. The van der Waals surface area contributed by atoms with Crippen LogP contribution in [-0.2, 0) is 14.4 Å². The molecule has 21 heavy (non-hydrogen) atoms. The van der Waals surface area contributed by atoms with E-state index in [4.69, 9.17) is 27.4 Å². The molecule has 0 aromatic rings. The molecular weight excluding hydrogens is 282 g/mol. The standard InChI is InChI=1S/C11H21N5O5/c12-6(3-4-8(17)18)9(19)16-7(10(20)21)2-1-5-15-11(13)14/h6-7H,1-5,12H2,(H,16,19)(H,17,18)(H,20,21)(H4,13,14,15)/t6-,7-/m0/s1. The van der Waals surface area contributed by atoms with E-state index in [0.29, 0.717) is 6.42 Å². The van der Waals surface area contributed by atoms with E-state index >= 15 is 0 Å². The monoisotopic (exact) mass is 303 g/mol. The van der Waals surface area contributed by atoms with Crippen LogP contribution in [0.4, 0.5) is 0 Å². The van der Waals surface area contributed by atoms with Crippen LogP contribution in [0.1, 0.15) is 25.7 Å². The normalized spacial score (nSPS) is 13.0. The maximum atomic E-state index is 11.7. The topological polar surface area (TPSA) is 194 Å². The van der Waals surface area contributed by atoms with Gasteiger partial charge in [-0.25, -0.2) is 4.79 Å². The highest BCUT2D eigenvalue weighted by molar-refractivity contribution is 5.87. The number of nitrogens with zero attached hydrogens (tertiary/aromatic N) is 1. The van der Waals surface area contributed by atoms with Gasteiger partial charge in [-0.15, -0.1) is 0 Å². The predicted molar refractivity (Wildman–Crippen MR) is 74.3 cm³/mol. The van der Waals surface area contributed by atoms with Gasteiger partial charge in [0, 0.05) is 13.0 Å². The van der Waals surface area contributed by atoms with Crippen molar-refractivity contribution in [2.75, 3.05) is 6.54 Å². The first-order valence-corrected chi connectivity index (χ1v) is 6.30. The van der Waals surface area contributed by atoms with Gasteiger partial charge < -0.3 is 32.7 Å². The average molecular weight is 303 g/mol. The van der Waals surface area contributed by atoms with Gasteiger partial charge in [-0.3, -0.25) is 14.6 Å². The van der Waals surface area contributed by atoms with Crippen molar-refractivity contribution in [2.45, 2.75) is 37.8 Å². The van der Waals surface area contributed by atoms with E-state index in [-0.39, 0.29) is 31.8 Å².